The van der Waals surface area contributed by atoms with Crippen LogP contribution in [-0.4, -0.2) is 33.4 Å². The lowest BCUT2D eigenvalue weighted by molar-refractivity contribution is -0.736. The van der Waals surface area contributed by atoms with Crippen molar-refractivity contribution < 1.29 is 23.7 Å². The molecule has 0 aliphatic carbocycles. The number of hydrogen-bond acceptors (Lipinski definition) is 7. The largest absolute Gasteiger partial charge is 0.541 e. The van der Waals surface area contributed by atoms with E-state index in [1.54, 1.807) is 18.2 Å². The second-order valence-electron chi connectivity index (χ2n) is 8.30. The van der Waals surface area contributed by atoms with Gasteiger partial charge in [-0.05, 0) is 22.7 Å². The number of rotatable bonds is 10. The molecule has 2 aromatic rings. The Kier molecular flexibility index (Phi) is 8.25. The van der Waals surface area contributed by atoms with E-state index >= 15 is 0 Å². The summed E-state index contributed by atoms with van der Waals surface area (Å²) in [6, 6.07) is 8.81. The zero-order valence-corrected chi connectivity index (χ0v) is 21.3. The van der Waals surface area contributed by atoms with Crippen molar-refractivity contribution in [2.24, 2.45) is 0 Å². The fraction of sp³-hybridized carbons (Fsp3) is 0.500. The molecule has 1 aromatic carbocycles. The number of nitrogens with one attached hydrogen (secondary N) is 1. The molecule has 0 saturated carbocycles. The van der Waals surface area contributed by atoms with Gasteiger partial charge in [-0.2, -0.15) is 0 Å². The highest BCUT2D eigenvalue weighted by Crippen LogP contribution is 2.46. The predicted octanol–water partition coefficient (Wildman–Crippen LogP) is 6.80. The monoisotopic (exact) mass is 465 g/mol. The van der Waals surface area contributed by atoms with Crippen molar-refractivity contribution in [2.75, 3.05) is 19.5 Å². The van der Waals surface area contributed by atoms with Crippen molar-refractivity contribution in [3.63, 3.8) is 0 Å². The molecule has 0 saturated heterocycles. The number of para-hydroxylation sites is 2. The summed E-state index contributed by atoms with van der Waals surface area (Å²) in [5.41, 5.74) is 1.95. The van der Waals surface area contributed by atoms with Crippen LogP contribution in [0.15, 0.2) is 30.3 Å². The van der Waals surface area contributed by atoms with Gasteiger partial charge >= 0.3 is 11.7 Å². The topological polar surface area (TPSA) is 76.9 Å². The number of esters is 1. The van der Waals surface area contributed by atoms with Crippen molar-refractivity contribution in [3.05, 3.63) is 40.1 Å². The number of methoxy groups -OCH3 is 1. The number of carbonyl (C=O) groups is 1. The van der Waals surface area contributed by atoms with Crippen molar-refractivity contribution in [2.45, 2.75) is 58.2 Å². The van der Waals surface area contributed by atoms with Gasteiger partial charge in [-0.25, -0.2) is 9.63 Å². The molecule has 0 radical (unpaired) electrons. The first-order chi connectivity index (χ1) is 14.6. The molecule has 0 amide bonds. The third-order valence-corrected chi connectivity index (χ3v) is 12.6. The van der Waals surface area contributed by atoms with Crippen LogP contribution in [0, 0.1) is 4.91 Å². The Bertz CT molecular complexity index is 905. The summed E-state index contributed by atoms with van der Waals surface area (Å²) in [5.74, 6) is 0.0909. The van der Waals surface area contributed by atoms with Crippen LogP contribution in [-0.2, 0) is 9.57 Å². The molecule has 31 heavy (non-hydrogen) atoms. The molecular weight excluding hydrogens is 432 g/mol. The summed E-state index contributed by atoms with van der Waals surface area (Å²) < 4.78 is 11.8. The van der Waals surface area contributed by atoms with E-state index in [-0.39, 0.29) is 0 Å². The number of carbonyl (C=O) groups excluding carboxylic acids is 1. The average molecular weight is 466 g/mol. The summed E-state index contributed by atoms with van der Waals surface area (Å²) in [6.45, 7) is 13.2. The maximum atomic E-state index is 12.5. The third kappa shape index (κ3) is 5.09. The molecule has 0 unspecified atom stereocenters. The SMILES string of the molecule is COC(=O)c1sc(Nc2ccccc2[N+](=O)OC)cc1O[Si](C(C)C)(C(C)C)C(C)C. The van der Waals surface area contributed by atoms with Crippen LogP contribution in [0.25, 0.3) is 0 Å². The molecule has 1 N–H and O–H groups in total. The Morgan fingerprint density at radius 3 is 2.13 bits per heavy atom. The minimum atomic E-state index is -2.28. The Labute approximate surface area is 189 Å². The van der Waals surface area contributed by atoms with Gasteiger partial charge in [0.25, 0.3) is 13.2 Å². The first kappa shape index (κ1) is 24.9. The second-order valence-corrected chi connectivity index (χ2v) is 14.7. The number of anilines is 2. The van der Waals surface area contributed by atoms with E-state index in [1.165, 1.54) is 25.6 Å². The first-order valence-corrected chi connectivity index (χ1v) is 13.3. The number of nitrogens with zero attached hydrogens (tertiary/aromatic N) is 1. The molecule has 0 bridgehead atoms. The maximum absolute atomic E-state index is 12.5. The van der Waals surface area contributed by atoms with E-state index in [0.29, 0.717) is 48.5 Å². The van der Waals surface area contributed by atoms with Gasteiger partial charge in [0.05, 0.1) is 17.0 Å². The zero-order valence-electron chi connectivity index (χ0n) is 19.5. The van der Waals surface area contributed by atoms with Crippen LogP contribution in [0.4, 0.5) is 16.4 Å². The van der Waals surface area contributed by atoms with Crippen molar-refractivity contribution in [3.8, 4) is 5.75 Å². The highest BCUT2D eigenvalue weighted by atomic mass is 32.1. The second kappa shape index (κ2) is 10.3. The van der Waals surface area contributed by atoms with Gasteiger partial charge in [0, 0.05) is 12.1 Å². The number of benzene rings is 1. The van der Waals surface area contributed by atoms with Gasteiger partial charge in [-0.3, -0.25) is 0 Å². The molecule has 0 aliphatic rings. The molecule has 1 aromatic heterocycles. The predicted molar refractivity (Wildman–Crippen MR) is 127 cm³/mol. The van der Waals surface area contributed by atoms with Crippen LogP contribution in [0.3, 0.4) is 0 Å². The fourth-order valence-corrected chi connectivity index (χ4v) is 10.5. The standard InChI is InChI=1S/C22H32N2O5SSi/c1-14(2)31(15(3)4,16(5)6)29-19-13-20(30-21(19)22(25)27-7)23-17-11-9-10-12-18(17)24(26)28-8/h9-16H,1-8H3/p+1. The Hall–Kier alpha value is -2.39. The summed E-state index contributed by atoms with van der Waals surface area (Å²) in [7, 11) is 0.392. The van der Waals surface area contributed by atoms with E-state index in [0.717, 1.165) is 0 Å². The molecular formula is C22H33N2O5SSi+. The van der Waals surface area contributed by atoms with Crippen molar-refractivity contribution in [1.29, 1.82) is 0 Å². The molecule has 0 spiro atoms. The minimum absolute atomic E-state index is 0.329. The molecule has 1 heterocycles. The van der Waals surface area contributed by atoms with E-state index in [9.17, 15) is 9.70 Å². The summed E-state index contributed by atoms with van der Waals surface area (Å²) in [4.78, 5) is 30.2. The van der Waals surface area contributed by atoms with Crippen molar-refractivity contribution in [1.82, 2.24) is 0 Å². The van der Waals surface area contributed by atoms with Gasteiger partial charge in [0.1, 0.15) is 11.4 Å². The van der Waals surface area contributed by atoms with Gasteiger partial charge in [-0.15, -0.1) is 11.3 Å². The van der Waals surface area contributed by atoms with Crippen LogP contribution in [0.2, 0.25) is 16.6 Å². The maximum Gasteiger partial charge on any atom is 0.351 e. The van der Waals surface area contributed by atoms with Crippen molar-refractivity contribution >= 4 is 42.0 Å². The third-order valence-electron chi connectivity index (χ3n) is 5.59. The minimum Gasteiger partial charge on any atom is -0.541 e. The lowest BCUT2D eigenvalue weighted by Gasteiger charge is -2.42. The molecule has 0 fully saturated rings. The van der Waals surface area contributed by atoms with Crippen LogP contribution in [0.1, 0.15) is 51.2 Å². The average Bonchev–Trinajstić information content (AvgIpc) is 3.12. The molecule has 2 rings (SSSR count). The first-order valence-electron chi connectivity index (χ1n) is 10.4. The van der Waals surface area contributed by atoms with Crippen LogP contribution in [0.5, 0.6) is 5.75 Å². The van der Waals surface area contributed by atoms with Crippen LogP contribution < -0.4 is 9.74 Å². The van der Waals surface area contributed by atoms with Gasteiger partial charge < -0.3 is 14.5 Å². The molecule has 0 aliphatic heterocycles. The Morgan fingerprint density at radius 2 is 1.61 bits per heavy atom. The number of ether oxygens (including phenoxy) is 1. The summed E-state index contributed by atoms with van der Waals surface area (Å²) in [6.07, 6.45) is 0. The lowest BCUT2D eigenvalue weighted by Crippen LogP contribution is -2.50. The highest BCUT2D eigenvalue weighted by Gasteiger charge is 2.47. The molecule has 7 nitrogen and oxygen atoms in total. The number of thiophene rings is 1. The van der Waals surface area contributed by atoms with Crippen LogP contribution >= 0.6 is 11.3 Å². The Balaban J connectivity index is 2.52. The molecule has 170 valence electrons. The molecule has 0 atom stereocenters. The normalized spacial score (nSPS) is 11.7. The fourth-order valence-electron chi connectivity index (χ4n) is 4.26. The van der Waals surface area contributed by atoms with Gasteiger partial charge in [-0.1, -0.05) is 53.7 Å². The van der Waals surface area contributed by atoms with E-state index in [1.807, 2.05) is 12.1 Å². The van der Waals surface area contributed by atoms with Gasteiger partial charge in [0.15, 0.2) is 12.0 Å². The number of hydrogen-bond donors (Lipinski definition) is 1. The quantitative estimate of drug-likeness (QED) is 0.236. The smallest absolute Gasteiger partial charge is 0.351 e. The van der Waals surface area contributed by atoms with E-state index < -0.39 is 14.3 Å². The Morgan fingerprint density at radius 1 is 1.03 bits per heavy atom. The lowest BCUT2D eigenvalue weighted by atomic mass is 10.2. The molecule has 9 heteroatoms. The summed E-state index contributed by atoms with van der Waals surface area (Å²) >= 11 is 1.24. The van der Waals surface area contributed by atoms with E-state index in [2.05, 4.69) is 46.9 Å². The highest BCUT2D eigenvalue weighted by molar-refractivity contribution is 7.18. The zero-order chi connectivity index (χ0) is 23.3. The van der Waals surface area contributed by atoms with Gasteiger partial charge in [0.2, 0.25) is 0 Å². The van der Waals surface area contributed by atoms with E-state index in [4.69, 9.17) is 14.0 Å². The summed E-state index contributed by atoms with van der Waals surface area (Å²) in [5, 5.41) is 3.90.